The summed E-state index contributed by atoms with van der Waals surface area (Å²) in [5, 5.41) is 11.3. The van der Waals surface area contributed by atoms with Crippen LogP contribution in [0.4, 0.5) is 0 Å². The molecule has 6 nitrogen and oxygen atoms in total. The van der Waals surface area contributed by atoms with Gasteiger partial charge in [0.15, 0.2) is 0 Å². The monoisotopic (exact) mass is 243 g/mol. The number of amides is 1. The third-order valence-electron chi connectivity index (χ3n) is 3.09. The lowest BCUT2D eigenvalue weighted by Crippen LogP contribution is -2.47. The van der Waals surface area contributed by atoms with Gasteiger partial charge in [0.2, 0.25) is 5.91 Å². The summed E-state index contributed by atoms with van der Waals surface area (Å²) in [5.74, 6) is -2.46. The van der Waals surface area contributed by atoms with Gasteiger partial charge in [-0.3, -0.25) is 14.5 Å². The van der Waals surface area contributed by atoms with E-state index in [9.17, 15) is 9.59 Å². The number of aliphatic carboxylic acids is 1. The van der Waals surface area contributed by atoms with Gasteiger partial charge in [0.25, 0.3) is 0 Å². The Morgan fingerprint density at radius 1 is 1.29 bits per heavy atom. The fourth-order valence-corrected chi connectivity index (χ4v) is 1.67. The second-order valence-corrected chi connectivity index (χ2v) is 4.50. The van der Waals surface area contributed by atoms with Gasteiger partial charge in [-0.05, 0) is 14.0 Å². The van der Waals surface area contributed by atoms with Crippen LogP contribution < -0.4 is 5.32 Å². The maximum Gasteiger partial charge on any atom is 0.315 e. The first-order valence-electron chi connectivity index (χ1n) is 5.92. The van der Waals surface area contributed by atoms with Gasteiger partial charge in [-0.25, -0.2) is 0 Å². The Balaban J connectivity index is 2.15. The molecular formula is C11H21N3O3. The molecule has 1 aliphatic heterocycles. The topological polar surface area (TPSA) is 72.9 Å². The molecule has 0 aromatic carbocycles. The lowest BCUT2D eigenvalue weighted by molar-refractivity contribution is -0.146. The van der Waals surface area contributed by atoms with E-state index in [1.54, 1.807) is 0 Å². The highest BCUT2D eigenvalue weighted by Crippen LogP contribution is 1.98. The standard InChI is InChI=1S/C11H21N3O3/c1-9(11(16)17)10(15)12-3-4-14-7-5-13(2)6-8-14/h9H,3-8H2,1-2H3,(H,12,15)(H,16,17). The number of carbonyl (C=O) groups is 2. The molecule has 98 valence electrons. The lowest BCUT2D eigenvalue weighted by atomic mass is 10.2. The van der Waals surface area contributed by atoms with Crippen LogP contribution >= 0.6 is 0 Å². The quantitative estimate of drug-likeness (QED) is 0.610. The summed E-state index contributed by atoms with van der Waals surface area (Å²) in [4.78, 5) is 26.5. The minimum Gasteiger partial charge on any atom is -0.481 e. The van der Waals surface area contributed by atoms with E-state index in [1.165, 1.54) is 6.92 Å². The van der Waals surface area contributed by atoms with Crippen LogP contribution in [0.3, 0.4) is 0 Å². The number of hydrogen-bond acceptors (Lipinski definition) is 4. The van der Waals surface area contributed by atoms with E-state index < -0.39 is 17.8 Å². The fraction of sp³-hybridized carbons (Fsp3) is 0.818. The van der Waals surface area contributed by atoms with Crippen molar-refractivity contribution in [3.8, 4) is 0 Å². The number of hydrogen-bond donors (Lipinski definition) is 2. The first-order valence-corrected chi connectivity index (χ1v) is 5.92. The summed E-state index contributed by atoms with van der Waals surface area (Å²) in [5.41, 5.74) is 0. The number of nitrogens with one attached hydrogen (secondary N) is 1. The first kappa shape index (κ1) is 13.9. The minimum absolute atomic E-state index is 0.411. The van der Waals surface area contributed by atoms with Gasteiger partial charge in [-0.2, -0.15) is 0 Å². The Morgan fingerprint density at radius 3 is 2.41 bits per heavy atom. The predicted octanol–water partition coefficient (Wildman–Crippen LogP) is -0.929. The third kappa shape index (κ3) is 4.70. The molecule has 1 amide bonds. The molecule has 6 heteroatoms. The predicted molar refractivity (Wildman–Crippen MR) is 63.7 cm³/mol. The van der Waals surface area contributed by atoms with Crippen LogP contribution in [-0.2, 0) is 9.59 Å². The van der Waals surface area contributed by atoms with Gasteiger partial charge in [-0.15, -0.1) is 0 Å². The molecule has 0 bridgehead atoms. The van der Waals surface area contributed by atoms with Gasteiger partial charge in [-0.1, -0.05) is 0 Å². The van der Waals surface area contributed by atoms with Crippen molar-refractivity contribution < 1.29 is 14.7 Å². The molecule has 0 aromatic heterocycles. The van der Waals surface area contributed by atoms with E-state index in [0.29, 0.717) is 6.54 Å². The lowest BCUT2D eigenvalue weighted by Gasteiger charge is -2.32. The van der Waals surface area contributed by atoms with Crippen molar-refractivity contribution in [2.24, 2.45) is 5.92 Å². The first-order chi connectivity index (χ1) is 8.00. The van der Waals surface area contributed by atoms with Crippen molar-refractivity contribution in [3.05, 3.63) is 0 Å². The van der Waals surface area contributed by atoms with Gasteiger partial charge in [0.05, 0.1) is 0 Å². The van der Waals surface area contributed by atoms with Crippen LogP contribution in [-0.4, -0.2) is 73.1 Å². The van der Waals surface area contributed by atoms with Crippen molar-refractivity contribution in [1.29, 1.82) is 0 Å². The number of rotatable bonds is 5. The molecule has 1 atom stereocenters. The normalized spacial score (nSPS) is 19.9. The van der Waals surface area contributed by atoms with E-state index >= 15 is 0 Å². The number of carbonyl (C=O) groups excluding carboxylic acids is 1. The second kappa shape index (κ2) is 6.56. The maximum absolute atomic E-state index is 11.4. The molecule has 1 aliphatic rings. The Hall–Kier alpha value is -1.14. The number of nitrogens with zero attached hydrogens (tertiary/aromatic N) is 2. The van der Waals surface area contributed by atoms with E-state index in [4.69, 9.17) is 5.11 Å². The number of likely N-dealkylation sites (N-methyl/N-ethyl adjacent to an activating group) is 1. The smallest absolute Gasteiger partial charge is 0.315 e. The highest BCUT2D eigenvalue weighted by molar-refractivity contribution is 5.96. The van der Waals surface area contributed by atoms with Crippen LogP contribution in [0.25, 0.3) is 0 Å². The average molecular weight is 243 g/mol. The zero-order valence-corrected chi connectivity index (χ0v) is 10.5. The SMILES string of the molecule is CC(C(=O)O)C(=O)NCCN1CCN(C)CC1. The second-order valence-electron chi connectivity index (χ2n) is 4.50. The van der Waals surface area contributed by atoms with Crippen LogP contribution in [0.5, 0.6) is 0 Å². The molecule has 1 saturated heterocycles. The average Bonchev–Trinajstić information content (AvgIpc) is 2.30. The number of carboxylic acid groups (broad SMARTS) is 1. The number of piperazine rings is 1. The summed E-state index contributed by atoms with van der Waals surface area (Å²) >= 11 is 0. The van der Waals surface area contributed by atoms with Crippen molar-refractivity contribution in [1.82, 2.24) is 15.1 Å². The van der Waals surface area contributed by atoms with Gasteiger partial charge in [0, 0.05) is 39.3 Å². The third-order valence-corrected chi connectivity index (χ3v) is 3.09. The van der Waals surface area contributed by atoms with E-state index in [1.807, 2.05) is 0 Å². The van der Waals surface area contributed by atoms with Crippen LogP contribution in [0.15, 0.2) is 0 Å². The Kier molecular flexibility index (Phi) is 5.37. The molecule has 0 spiro atoms. The van der Waals surface area contributed by atoms with E-state index in [2.05, 4.69) is 22.2 Å². The van der Waals surface area contributed by atoms with Crippen LogP contribution in [0.2, 0.25) is 0 Å². The Labute approximate surface area is 102 Å². The summed E-state index contributed by atoms with van der Waals surface area (Å²) < 4.78 is 0. The van der Waals surface area contributed by atoms with Crippen LogP contribution in [0.1, 0.15) is 6.92 Å². The highest BCUT2D eigenvalue weighted by Gasteiger charge is 2.20. The number of carboxylic acids is 1. The molecule has 0 saturated carbocycles. The molecule has 1 heterocycles. The minimum atomic E-state index is -1.08. The zero-order valence-electron chi connectivity index (χ0n) is 10.5. The fourth-order valence-electron chi connectivity index (χ4n) is 1.67. The molecular weight excluding hydrogens is 222 g/mol. The molecule has 0 aliphatic carbocycles. The van der Waals surface area contributed by atoms with Crippen molar-refractivity contribution in [2.75, 3.05) is 46.3 Å². The summed E-state index contributed by atoms with van der Waals surface area (Å²) in [6.07, 6.45) is 0. The molecule has 1 rings (SSSR count). The molecule has 0 radical (unpaired) electrons. The summed E-state index contributed by atoms with van der Waals surface area (Å²) in [7, 11) is 2.09. The van der Waals surface area contributed by atoms with Crippen molar-refractivity contribution >= 4 is 11.9 Å². The van der Waals surface area contributed by atoms with Crippen molar-refractivity contribution in [3.63, 3.8) is 0 Å². The van der Waals surface area contributed by atoms with E-state index in [-0.39, 0.29) is 0 Å². The Morgan fingerprint density at radius 2 is 1.88 bits per heavy atom. The summed E-state index contributed by atoms with van der Waals surface area (Å²) in [6.45, 7) is 6.78. The van der Waals surface area contributed by atoms with Gasteiger partial charge in [0.1, 0.15) is 5.92 Å². The van der Waals surface area contributed by atoms with Gasteiger partial charge >= 0.3 is 5.97 Å². The highest BCUT2D eigenvalue weighted by atomic mass is 16.4. The molecule has 1 unspecified atom stereocenters. The maximum atomic E-state index is 11.4. The zero-order chi connectivity index (χ0) is 12.8. The van der Waals surface area contributed by atoms with E-state index in [0.717, 1.165) is 32.7 Å². The Bertz CT molecular complexity index is 275. The molecule has 2 N–H and O–H groups in total. The molecule has 0 aromatic rings. The largest absolute Gasteiger partial charge is 0.481 e. The molecule has 1 fully saturated rings. The van der Waals surface area contributed by atoms with Crippen molar-refractivity contribution in [2.45, 2.75) is 6.92 Å². The van der Waals surface area contributed by atoms with Gasteiger partial charge < -0.3 is 15.3 Å². The molecule has 17 heavy (non-hydrogen) atoms. The van der Waals surface area contributed by atoms with Crippen LogP contribution in [0, 0.1) is 5.92 Å². The summed E-state index contributed by atoms with van der Waals surface area (Å²) in [6, 6.07) is 0.